The van der Waals surface area contributed by atoms with Crippen LogP contribution in [0.3, 0.4) is 0 Å². The first-order valence-corrected chi connectivity index (χ1v) is 9.79. The highest BCUT2D eigenvalue weighted by Gasteiger charge is 2.33. The molecular weight excluding hydrogens is 352 g/mol. The molecule has 1 aromatic carbocycles. The maximum absolute atomic E-state index is 12.7. The molecule has 1 N–H and O–H groups in total. The van der Waals surface area contributed by atoms with Crippen molar-refractivity contribution in [2.45, 2.75) is 17.7 Å². The van der Waals surface area contributed by atoms with E-state index in [1.54, 1.807) is 48.8 Å². The van der Waals surface area contributed by atoms with Gasteiger partial charge in [0.15, 0.2) is 0 Å². The summed E-state index contributed by atoms with van der Waals surface area (Å²) in [6.45, 7) is 0.575. The minimum absolute atomic E-state index is 0.158. The lowest BCUT2D eigenvalue weighted by atomic mass is 9.99. The number of amides is 1. The predicted molar refractivity (Wildman–Crippen MR) is 97.9 cm³/mol. The third kappa shape index (κ3) is 4.33. The second-order valence-electron chi connectivity index (χ2n) is 6.04. The van der Waals surface area contributed by atoms with E-state index in [1.807, 2.05) is 6.07 Å². The lowest BCUT2D eigenvalue weighted by molar-refractivity contribution is -0.126. The Morgan fingerprint density at radius 3 is 2.77 bits per heavy atom. The Morgan fingerprint density at radius 1 is 1.23 bits per heavy atom. The summed E-state index contributed by atoms with van der Waals surface area (Å²) in [4.78, 5) is 16.5. The summed E-state index contributed by atoms with van der Waals surface area (Å²) in [6.07, 6.45) is 6.06. The molecule has 0 bridgehead atoms. The summed E-state index contributed by atoms with van der Waals surface area (Å²) >= 11 is 0. The molecule has 8 heteroatoms. The smallest absolute Gasteiger partial charge is 0.244 e. The van der Waals surface area contributed by atoms with E-state index < -0.39 is 15.9 Å². The van der Waals surface area contributed by atoms with E-state index in [0.717, 1.165) is 5.56 Å². The second kappa shape index (κ2) is 8.20. The van der Waals surface area contributed by atoms with Crippen LogP contribution in [0.2, 0.25) is 0 Å². The Bertz CT molecular complexity index is 870. The molecule has 2 heterocycles. The Morgan fingerprint density at radius 2 is 2.04 bits per heavy atom. The Balaban J connectivity index is 1.63. The molecule has 1 aliphatic heterocycles. The Hall–Kier alpha value is -2.58. The summed E-state index contributed by atoms with van der Waals surface area (Å²) < 4.78 is 26.8. The van der Waals surface area contributed by atoms with Crippen molar-refractivity contribution in [3.8, 4) is 0 Å². The van der Waals surface area contributed by atoms with E-state index in [2.05, 4.69) is 15.5 Å². The number of piperidine rings is 1. The normalized spacial score (nSPS) is 18.7. The zero-order chi connectivity index (χ0) is 18.4. The number of benzene rings is 1. The lowest BCUT2D eigenvalue weighted by Crippen LogP contribution is -2.44. The monoisotopic (exact) mass is 372 g/mol. The fraction of sp³-hybridized carbons (Fsp3) is 0.278. The number of carbonyl (C=O) groups is 1. The predicted octanol–water partition coefficient (Wildman–Crippen LogP) is 1.63. The van der Waals surface area contributed by atoms with Gasteiger partial charge in [0.05, 0.1) is 17.0 Å². The standard InChI is InChI=1S/C18H20N4O3S/c23-18(21-20-13-15-6-4-10-19-12-15)16-7-5-11-22(14-16)26(24,25)17-8-2-1-3-9-17/h1-4,6,8-10,12-13,16H,5,7,11,14H2,(H,21,23)/b20-13-/t16-/m1/s1. The van der Waals surface area contributed by atoms with E-state index in [1.165, 1.54) is 10.5 Å². The van der Waals surface area contributed by atoms with Gasteiger partial charge >= 0.3 is 0 Å². The van der Waals surface area contributed by atoms with Gasteiger partial charge in [-0.2, -0.15) is 9.41 Å². The first-order chi connectivity index (χ1) is 12.6. The SMILES string of the molecule is O=C(N/N=C\c1cccnc1)[C@@H]1CCCN(S(=O)(=O)c2ccccc2)C1. The number of sulfonamides is 1. The molecule has 1 aromatic heterocycles. The quantitative estimate of drug-likeness (QED) is 0.638. The summed E-state index contributed by atoms with van der Waals surface area (Å²) in [5, 5.41) is 3.93. The van der Waals surface area contributed by atoms with Gasteiger partial charge < -0.3 is 0 Å². The average molecular weight is 372 g/mol. The van der Waals surface area contributed by atoms with Crippen LogP contribution < -0.4 is 5.43 Å². The van der Waals surface area contributed by atoms with E-state index in [0.29, 0.717) is 19.4 Å². The molecule has 7 nitrogen and oxygen atoms in total. The molecule has 3 rings (SSSR count). The molecule has 1 aliphatic rings. The highest BCUT2D eigenvalue weighted by atomic mass is 32.2. The number of carbonyl (C=O) groups excluding carboxylic acids is 1. The molecule has 2 aromatic rings. The van der Waals surface area contributed by atoms with Gasteiger partial charge in [0, 0.05) is 31.0 Å². The molecule has 0 saturated carbocycles. The van der Waals surface area contributed by atoms with Crippen LogP contribution in [-0.4, -0.2) is 42.9 Å². The van der Waals surface area contributed by atoms with Crippen molar-refractivity contribution >= 4 is 22.1 Å². The van der Waals surface area contributed by atoms with E-state index >= 15 is 0 Å². The van der Waals surface area contributed by atoms with Crippen molar-refractivity contribution in [3.63, 3.8) is 0 Å². The maximum atomic E-state index is 12.7. The van der Waals surface area contributed by atoms with Crippen molar-refractivity contribution < 1.29 is 13.2 Å². The van der Waals surface area contributed by atoms with Crippen molar-refractivity contribution in [2.75, 3.05) is 13.1 Å². The zero-order valence-corrected chi connectivity index (χ0v) is 15.0. The van der Waals surface area contributed by atoms with E-state index in [-0.39, 0.29) is 17.3 Å². The van der Waals surface area contributed by atoms with Gasteiger partial charge in [-0.1, -0.05) is 24.3 Å². The second-order valence-corrected chi connectivity index (χ2v) is 7.97. The van der Waals surface area contributed by atoms with Crippen LogP contribution in [0.25, 0.3) is 0 Å². The number of hydrazone groups is 1. The van der Waals surface area contributed by atoms with Gasteiger partial charge in [-0.25, -0.2) is 13.8 Å². The number of rotatable bonds is 5. The molecule has 26 heavy (non-hydrogen) atoms. The average Bonchev–Trinajstić information content (AvgIpc) is 2.69. The van der Waals surface area contributed by atoms with Gasteiger partial charge in [-0.15, -0.1) is 0 Å². The zero-order valence-electron chi connectivity index (χ0n) is 14.2. The fourth-order valence-corrected chi connectivity index (χ4v) is 4.38. The van der Waals surface area contributed by atoms with Gasteiger partial charge in [-0.05, 0) is 31.0 Å². The van der Waals surface area contributed by atoms with Gasteiger partial charge in [0.25, 0.3) is 0 Å². The van der Waals surface area contributed by atoms with Gasteiger partial charge in [0.1, 0.15) is 0 Å². The van der Waals surface area contributed by atoms with Crippen molar-refractivity contribution in [3.05, 3.63) is 60.4 Å². The lowest BCUT2D eigenvalue weighted by Gasteiger charge is -2.30. The molecule has 136 valence electrons. The number of hydrogen-bond acceptors (Lipinski definition) is 5. The highest BCUT2D eigenvalue weighted by Crippen LogP contribution is 2.23. The topological polar surface area (TPSA) is 91.7 Å². The van der Waals surface area contributed by atoms with Crippen LogP contribution in [0.4, 0.5) is 0 Å². The maximum Gasteiger partial charge on any atom is 0.244 e. The molecule has 0 unspecified atom stereocenters. The minimum Gasteiger partial charge on any atom is -0.273 e. The Labute approximate surface area is 152 Å². The summed E-state index contributed by atoms with van der Waals surface area (Å²) in [5.41, 5.74) is 3.26. The molecule has 0 aliphatic carbocycles. The summed E-state index contributed by atoms with van der Waals surface area (Å²) in [5.74, 6) is -0.702. The number of nitrogens with zero attached hydrogens (tertiary/aromatic N) is 3. The molecule has 1 amide bonds. The van der Waals surface area contributed by atoms with Crippen molar-refractivity contribution in [2.24, 2.45) is 11.0 Å². The van der Waals surface area contributed by atoms with Crippen LogP contribution in [0.5, 0.6) is 0 Å². The number of hydrogen-bond donors (Lipinski definition) is 1. The third-order valence-corrected chi connectivity index (χ3v) is 6.09. The van der Waals surface area contributed by atoms with Crippen LogP contribution in [0.1, 0.15) is 18.4 Å². The molecule has 1 fully saturated rings. The number of aromatic nitrogens is 1. The van der Waals surface area contributed by atoms with Crippen molar-refractivity contribution in [1.29, 1.82) is 0 Å². The molecule has 1 saturated heterocycles. The van der Waals surface area contributed by atoms with Crippen LogP contribution in [-0.2, 0) is 14.8 Å². The molecule has 0 spiro atoms. The Kier molecular flexibility index (Phi) is 5.75. The third-order valence-electron chi connectivity index (χ3n) is 4.21. The van der Waals surface area contributed by atoms with Crippen molar-refractivity contribution in [1.82, 2.24) is 14.7 Å². The van der Waals surface area contributed by atoms with Crippen LogP contribution >= 0.6 is 0 Å². The first kappa shape index (κ1) is 18.2. The minimum atomic E-state index is -3.59. The van der Waals surface area contributed by atoms with Crippen LogP contribution in [0, 0.1) is 5.92 Å². The molecule has 1 atom stereocenters. The van der Waals surface area contributed by atoms with E-state index in [4.69, 9.17) is 0 Å². The van der Waals surface area contributed by atoms with Gasteiger partial charge in [0.2, 0.25) is 15.9 Å². The van der Waals surface area contributed by atoms with Gasteiger partial charge in [-0.3, -0.25) is 9.78 Å². The summed E-state index contributed by atoms with van der Waals surface area (Å²) in [6, 6.07) is 11.9. The fourth-order valence-electron chi connectivity index (χ4n) is 2.83. The first-order valence-electron chi connectivity index (χ1n) is 8.35. The largest absolute Gasteiger partial charge is 0.273 e. The summed E-state index contributed by atoms with van der Waals surface area (Å²) in [7, 11) is -3.59. The number of pyridine rings is 1. The molecule has 0 radical (unpaired) electrons. The highest BCUT2D eigenvalue weighted by molar-refractivity contribution is 7.89. The van der Waals surface area contributed by atoms with Crippen LogP contribution in [0.15, 0.2) is 64.9 Å². The van der Waals surface area contributed by atoms with E-state index in [9.17, 15) is 13.2 Å². The molecular formula is C18H20N4O3S. The number of nitrogens with one attached hydrogen (secondary N) is 1.